The average molecular weight is 663 g/mol. The van der Waals surface area contributed by atoms with Gasteiger partial charge in [-0.2, -0.15) is 0 Å². The van der Waals surface area contributed by atoms with Crippen molar-refractivity contribution in [3.05, 3.63) is 96.1 Å². The molecule has 9 heteroatoms. The van der Waals surface area contributed by atoms with Crippen molar-refractivity contribution in [2.24, 2.45) is 0 Å². The van der Waals surface area contributed by atoms with Crippen molar-refractivity contribution < 1.29 is 33.6 Å². The average Bonchev–Trinajstić information content (AvgIpc) is 3.82. The predicted octanol–water partition coefficient (Wildman–Crippen LogP) is 6.86. The Morgan fingerprint density at radius 3 is 1.88 bits per heavy atom. The molecule has 2 unspecified atom stereocenters. The normalized spacial score (nSPS) is 18.7. The monoisotopic (exact) mass is 662 g/mol. The van der Waals surface area contributed by atoms with E-state index in [-0.39, 0.29) is 18.3 Å². The molecule has 48 heavy (non-hydrogen) atoms. The second-order valence-electron chi connectivity index (χ2n) is 14.0. The van der Waals surface area contributed by atoms with Gasteiger partial charge in [0.25, 0.3) is 0 Å². The lowest BCUT2D eigenvalue weighted by Crippen LogP contribution is -2.50. The maximum Gasteiger partial charge on any atom is 0.410 e. The van der Waals surface area contributed by atoms with E-state index in [4.69, 9.17) is 23.7 Å². The van der Waals surface area contributed by atoms with Crippen molar-refractivity contribution in [3.8, 4) is 5.75 Å². The number of amides is 1. The Kier molecular flexibility index (Phi) is 13.7. The van der Waals surface area contributed by atoms with Gasteiger partial charge in [-0.05, 0) is 70.0 Å². The van der Waals surface area contributed by atoms with Gasteiger partial charge in [-0.25, -0.2) is 4.79 Å². The van der Waals surface area contributed by atoms with Crippen molar-refractivity contribution in [1.29, 1.82) is 0 Å². The number of carbonyl (C=O) groups is 1. The molecule has 0 spiro atoms. The van der Waals surface area contributed by atoms with Gasteiger partial charge in [0.2, 0.25) is 0 Å². The van der Waals surface area contributed by atoms with Crippen LogP contribution in [0, 0.1) is 0 Å². The fourth-order valence-corrected chi connectivity index (χ4v) is 4.91. The number of nitrogens with zero attached hydrogens (tertiary/aromatic N) is 2. The molecular formula is C39H54N2O7. The molecule has 2 heterocycles. The molecule has 0 radical (unpaired) electrons. The number of aliphatic hydroxyl groups is 1. The van der Waals surface area contributed by atoms with Gasteiger partial charge in [0.05, 0.1) is 31.0 Å². The largest absolute Gasteiger partial charge is 0.491 e. The molecule has 0 aliphatic carbocycles. The fourth-order valence-electron chi connectivity index (χ4n) is 4.91. The third-order valence-corrected chi connectivity index (χ3v) is 8.10. The molecular weight excluding hydrogens is 608 g/mol. The van der Waals surface area contributed by atoms with E-state index in [1.165, 1.54) is 5.56 Å². The van der Waals surface area contributed by atoms with Crippen LogP contribution in [-0.4, -0.2) is 85.5 Å². The molecule has 262 valence electrons. The van der Waals surface area contributed by atoms with Crippen molar-refractivity contribution in [1.82, 2.24) is 4.90 Å². The highest BCUT2D eigenvalue weighted by atomic mass is 16.6. The summed E-state index contributed by atoms with van der Waals surface area (Å²) in [7, 11) is 0. The van der Waals surface area contributed by atoms with Gasteiger partial charge >= 0.3 is 6.09 Å². The molecule has 1 N–H and O–H groups in total. The summed E-state index contributed by atoms with van der Waals surface area (Å²) in [6, 6.07) is 28.1. The summed E-state index contributed by atoms with van der Waals surface area (Å²) in [5.74, 6) is 0.710. The van der Waals surface area contributed by atoms with Crippen LogP contribution in [0.25, 0.3) is 0 Å². The van der Waals surface area contributed by atoms with E-state index in [2.05, 4.69) is 24.0 Å². The van der Waals surface area contributed by atoms with Crippen LogP contribution in [0.4, 0.5) is 10.5 Å². The first kappa shape index (κ1) is 37.2. The minimum Gasteiger partial charge on any atom is -0.491 e. The Morgan fingerprint density at radius 1 is 0.812 bits per heavy atom. The molecule has 2 atom stereocenters. The zero-order chi connectivity index (χ0) is 34.5. The molecule has 2 fully saturated rings. The van der Waals surface area contributed by atoms with Crippen LogP contribution in [0.2, 0.25) is 0 Å². The summed E-state index contributed by atoms with van der Waals surface area (Å²) < 4.78 is 27.8. The summed E-state index contributed by atoms with van der Waals surface area (Å²) in [5.41, 5.74) is 2.09. The highest BCUT2D eigenvalue weighted by Gasteiger charge is 2.38. The number of piperazine rings is 1. The molecule has 2 aliphatic heterocycles. The third-order valence-electron chi connectivity index (χ3n) is 8.10. The number of hydrogen-bond acceptors (Lipinski definition) is 8. The van der Waals surface area contributed by atoms with E-state index in [1.54, 1.807) is 11.8 Å². The standard InChI is InChI=1S/C27H38N2O5.C12H16O2/c1-26(2,3)34-25(30)29-17-15-28(16-18-29)23-10-12-24(13-11-23)33-21-27(4,31)14-19-32-20-22-8-6-5-7-9-22;1-12(10-14-12)7-8-13-9-11-5-3-2-4-6-11/h5-13,31H,14-21H2,1-4H3;2-6H,7-10H2,1H3. The number of anilines is 1. The fraction of sp³-hybridized carbons (Fsp3) is 0.513. The van der Waals surface area contributed by atoms with E-state index in [9.17, 15) is 9.90 Å². The number of epoxide rings is 1. The van der Waals surface area contributed by atoms with Gasteiger partial charge in [0.15, 0.2) is 0 Å². The second kappa shape index (κ2) is 17.7. The highest BCUT2D eigenvalue weighted by Crippen LogP contribution is 2.29. The Hall–Kier alpha value is -3.63. The van der Waals surface area contributed by atoms with E-state index in [0.717, 1.165) is 44.0 Å². The molecule has 3 aromatic carbocycles. The van der Waals surface area contributed by atoms with E-state index < -0.39 is 11.2 Å². The van der Waals surface area contributed by atoms with Crippen LogP contribution in [0.3, 0.4) is 0 Å². The number of benzene rings is 3. The van der Waals surface area contributed by atoms with Gasteiger partial charge in [-0.15, -0.1) is 0 Å². The van der Waals surface area contributed by atoms with E-state index >= 15 is 0 Å². The maximum atomic E-state index is 12.2. The van der Waals surface area contributed by atoms with Crippen molar-refractivity contribution in [2.75, 3.05) is 57.5 Å². The number of ether oxygens (including phenoxy) is 5. The summed E-state index contributed by atoms with van der Waals surface area (Å²) in [6.07, 6.45) is 1.23. The van der Waals surface area contributed by atoms with Gasteiger partial charge in [-0.3, -0.25) is 0 Å². The minimum atomic E-state index is -0.979. The minimum absolute atomic E-state index is 0.122. The third kappa shape index (κ3) is 13.8. The molecule has 9 nitrogen and oxygen atoms in total. The van der Waals surface area contributed by atoms with Crippen LogP contribution in [0.15, 0.2) is 84.9 Å². The van der Waals surface area contributed by atoms with E-state index in [0.29, 0.717) is 45.1 Å². The van der Waals surface area contributed by atoms with Gasteiger partial charge in [-0.1, -0.05) is 60.7 Å². The van der Waals surface area contributed by atoms with Crippen molar-refractivity contribution >= 4 is 11.8 Å². The van der Waals surface area contributed by atoms with E-state index in [1.807, 2.05) is 93.6 Å². The van der Waals surface area contributed by atoms with Gasteiger partial charge in [0, 0.05) is 57.9 Å². The van der Waals surface area contributed by atoms with Crippen LogP contribution in [-0.2, 0) is 32.2 Å². The summed E-state index contributed by atoms with van der Waals surface area (Å²) in [4.78, 5) is 16.2. The Bertz CT molecular complexity index is 1350. The second-order valence-corrected chi connectivity index (χ2v) is 14.0. The highest BCUT2D eigenvalue weighted by molar-refractivity contribution is 5.68. The van der Waals surface area contributed by atoms with Crippen molar-refractivity contribution in [2.45, 2.75) is 77.5 Å². The maximum absolute atomic E-state index is 12.2. The smallest absolute Gasteiger partial charge is 0.410 e. The summed E-state index contributed by atoms with van der Waals surface area (Å²) in [6.45, 7) is 15.8. The first-order valence-corrected chi connectivity index (χ1v) is 17.0. The van der Waals surface area contributed by atoms with Crippen LogP contribution >= 0.6 is 0 Å². The quantitative estimate of drug-likeness (QED) is 0.148. The number of hydrogen-bond donors (Lipinski definition) is 1. The molecule has 0 saturated carbocycles. The lowest BCUT2D eigenvalue weighted by atomic mass is 10.0. The lowest BCUT2D eigenvalue weighted by Gasteiger charge is -2.36. The molecule has 2 saturated heterocycles. The van der Waals surface area contributed by atoms with Gasteiger partial charge in [0.1, 0.15) is 18.0 Å². The Balaban J connectivity index is 0.000000307. The Morgan fingerprint density at radius 2 is 1.35 bits per heavy atom. The first-order valence-electron chi connectivity index (χ1n) is 17.0. The topological polar surface area (TPSA) is 93.2 Å². The van der Waals surface area contributed by atoms with Crippen LogP contribution < -0.4 is 9.64 Å². The molecule has 3 aromatic rings. The van der Waals surface area contributed by atoms with Crippen LogP contribution in [0.5, 0.6) is 5.75 Å². The number of carbonyl (C=O) groups excluding carboxylic acids is 1. The summed E-state index contributed by atoms with van der Waals surface area (Å²) in [5, 5.41) is 10.6. The zero-order valence-electron chi connectivity index (χ0n) is 29.4. The Labute approximate surface area is 286 Å². The summed E-state index contributed by atoms with van der Waals surface area (Å²) >= 11 is 0. The van der Waals surface area contributed by atoms with Crippen molar-refractivity contribution in [3.63, 3.8) is 0 Å². The molecule has 2 aliphatic rings. The zero-order valence-corrected chi connectivity index (χ0v) is 29.4. The van der Waals surface area contributed by atoms with Gasteiger partial charge < -0.3 is 38.6 Å². The SMILES string of the molecule is CC(O)(CCOCc1ccccc1)COc1ccc(N2CCN(C(=O)OC(C)(C)C)CC2)cc1.CC1(CCOCc2ccccc2)CO1. The molecule has 0 bridgehead atoms. The van der Waals surface area contributed by atoms with Crippen LogP contribution in [0.1, 0.15) is 58.6 Å². The number of rotatable bonds is 14. The molecule has 0 aromatic heterocycles. The molecule has 1 amide bonds. The molecule has 5 rings (SSSR count). The lowest BCUT2D eigenvalue weighted by molar-refractivity contribution is -0.0215. The predicted molar refractivity (Wildman–Crippen MR) is 188 cm³/mol. The first-order chi connectivity index (χ1) is 22.9.